The fourth-order valence-electron chi connectivity index (χ4n) is 1.94. The number of carboxylic acid groups (broad SMARTS) is 1. The predicted molar refractivity (Wildman–Crippen MR) is 80.6 cm³/mol. The Bertz CT molecular complexity index is 500. The van der Waals surface area contributed by atoms with Crippen molar-refractivity contribution in [1.29, 1.82) is 0 Å². The van der Waals surface area contributed by atoms with Gasteiger partial charge in [-0.15, -0.1) is 0 Å². The molecule has 1 amide bonds. The van der Waals surface area contributed by atoms with Gasteiger partial charge in [-0.3, -0.25) is 14.3 Å². The van der Waals surface area contributed by atoms with Crippen LogP contribution in [0.25, 0.3) is 0 Å². The van der Waals surface area contributed by atoms with Crippen molar-refractivity contribution < 1.29 is 14.7 Å². The van der Waals surface area contributed by atoms with Crippen LogP contribution in [-0.4, -0.2) is 33.3 Å². The van der Waals surface area contributed by atoms with Gasteiger partial charge in [0.05, 0.1) is 10.7 Å². The van der Waals surface area contributed by atoms with Crippen molar-refractivity contribution in [3.63, 3.8) is 0 Å². The molecule has 1 aromatic rings. The number of aryl methyl sites for hydroxylation is 1. The number of aliphatic carboxylic acids is 1. The third-order valence-electron chi connectivity index (χ3n) is 3.33. The Balaban J connectivity index is 2.16. The number of carbonyl (C=O) groups is 2. The van der Waals surface area contributed by atoms with Gasteiger partial charge in [-0.2, -0.15) is 5.10 Å². The van der Waals surface area contributed by atoms with E-state index in [2.05, 4.69) is 10.4 Å². The minimum Gasteiger partial charge on any atom is -0.481 e. The topological polar surface area (TPSA) is 84.2 Å². The summed E-state index contributed by atoms with van der Waals surface area (Å²) in [5.41, 5.74) is 1.03. The molecule has 1 heterocycles. The SMILES string of the molecule is Cc1c(Cl)c(C(=O)NCCCCCCCC(=O)O)nn1C. The van der Waals surface area contributed by atoms with E-state index in [-0.39, 0.29) is 18.0 Å². The molecule has 0 spiro atoms. The number of nitrogens with one attached hydrogen (secondary N) is 1. The maximum atomic E-state index is 11.9. The summed E-state index contributed by atoms with van der Waals surface area (Å²) >= 11 is 6.04. The van der Waals surface area contributed by atoms with Gasteiger partial charge in [-0.05, 0) is 19.8 Å². The van der Waals surface area contributed by atoms with E-state index in [1.807, 2.05) is 6.92 Å². The molecule has 1 rings (SSSR count). The van der Waals surface area contributed by atoms with Gasteiger partial charge in [0.25, 0.3) is 5.91 Å². The standard InChI is InChI=1S/C14H22ClN3O3/c1-10-12(15)13(17-18(10)2)14(21)16-9-7-5-3-4-6-8-11(19)20/h3-9H2,1-2H3,(H,16,21)(H,19,20). The first-order valence-corrected chi connectivity index (χ1v) is 7.50. The van der Waals surface area contributed by atoms with Gasteiger partial charge in [0.2, 0.25) is 0 Å². The molecule has 0 saturated heterocycles. The van der Waals surface area contributed by atoms with Crippen molar-refractivity contribution in [2.45, 2.75) is 45.4 Å². The quantitative estimate of drug-likeness (QED) is 0.686. The van der Waals surface area contributed by atoms with Gasteiger partial charge in [-0.1, -0.05) is 30.9 Å². The Hall–Kier alpha value is -1.56. The van der Waals surface area contributed by atoms with E-state index < -0.39 is 5.97 Å². The molecule has 118 valence electrons. The molecular weight excluding hydrogens is 294 g/mol. The molecule has 0 aliphatic heterocycles. The van der Waals surface area contributed by atoms with Gasteiger partial charge >= 0.3 is 5.97 Å². The van der Waals surface area contributed by atoms with Gasteiger partial charge in [0.1, 0.15) is 0 Å². The molecular formula is C14H22ClN3O3. The van der Waals surface area contributed by atoms with Crippen LogP contribution in [0.5, 0.6) is 0 Å². The van der Waals surface area contributed by atoms with Crippen molar-refractivity contribution in [3.8, 4) is 0 Å². The zero-order valence-electron chi connectivity index (χ0n) is 12.5. The maximum absolute atomic E-state index is 11.9. The molecule has 0 aliphatic rings. The summed E-state index contributed by atoms with van der Waals surface area (Å²) in [6.07, 6.45) is 4.66. The van der Waals surface area contributed by atoms with Crippen molar-refractivity contribution >= 4 is 23.5 Å². The second-order valence-corrected chi connectivity index (χ2v) is 5.42. The second-order valence-electron chi connectivity index (χ2n) is 5.04. The van der Waals surface area contributed by atoms with Crippen LogP contribution in [0.15, 0.2) is 0 Å². The van der Waals surface area contributed by atoms with E-state index in [9.17, 15) is 9.59 Å². The van der Waals surface area contributed by atoms with Crippen molar-refractivity contribution in [3.05, 3.63) is 16.4 Å². The monoisotopic (exact) mass is 315 g/mol. The van der Waals surface area contributed by atoms with Crippen molar-refractivity contribution in [2.24, 2.45) is 7.05 Å². The predicted octanol–water partition coefficient (Wildman–Crippen LogP) is 2.54. The van der Waals surface area contributed by atoms with Gasteiger partial charge in [0.15, 0.2) is 5.69 Å². The van der Waals surface area contributed by atoms with Crippen LogP contribution in [0.2, 0.25) is 5.02 Å². The molecule has 0 aromatic carbocycles. The number of hydrogen-bond donors (Lipinski definition) is 2. The van der Waals surface area contributed by atoms with E-state index in [4.69, 9.17) is 16.7 Å². The number of nitrogens with zero attached hydrogens (tertiary/aromatic N) is 2. The first-order valence-electron chi connectivity index (χ1n) is 7.12. The highest BCUT2D eigenvalue weighted by atomic mass is 35.5. The molecule has 0 aliphatic carbocycles. The van der Waals surface area contributed by atoms with Gasteiger partial charge in [-0.25, -0.2) is 0 Å². The molecule has 0 atom stereocenters. The fraction of sp³-hybridized carbons (Fsp3) is 0.643. The molecule has 1 aromatic heterocycles. The van der Waals surface area contributed by atoms with Crippen LogP contribution >= 0.6 is 11.6 Å². The molecule has 2 N–H and O–H groups in total. The van der Waals surface area contributed by atoms with Crippen LogP contribution in [0.1, 0.15) is 54.7 Å². The molecule has 21 heavy (non-hydrogen) atoms. The summed E-state index contributed by atoms with van der Waals surface area (Å²) < 4.78 is 1.58. The van der Waals surface area contributed by atoms with Crippen LogP contribution in [0, 0.1) is 6.92 Å². The molecule has 7 heteroatoms. The Kier molecular flexibility index (Phi) is 7.22. The summed E-state index contributed by atoms with van der Waals surface area (Å²) in [6.45, 7) is 2.38. The molecule has 6 nitrogen and oxygen atoms in total. The Morgan fingerprint density at radius 1 is 1.24 bits per heavy atom. The molecule has 0 unspecified atom stereocenters. The minimum atomic E-state index is -0.746. The number of amides is 1. The molecule has 0 saturated carbocycles. The lowest BCUT2D eigenvalue weighted by Crippen LogP contribution is -2.25. The van der Waals surface area contributed by atoms with Crippen LogP contribution < -0.4 is 5.32 Å². The first kappa shape index (κ1) is 17.5. The number of unbranched alkanes of at least 4 members (excludes halogenated alkanes) is 4. The first-order chi connectivity index (χ1) is 9.93. The summed E-state index contributed by atoms with van der Waals surface area (Å²) in [7, 11) is 1.75. The third-order valence-corrected chi connectivity index (χ3v) is 3.78. The Morgan fingerprint density at radius 3 is 2.43 bits per heavy atom. The van der Waals surface area contributed by atoms with E-state index in [0.717, 1.165) is 31.4 Å². The third kappa shape index (κ3) is 5.75. The largest absolute Gasteiger partial charge is 0.481 e. The summed E-state index contributed by atoms with van der Waals surface area (Å²) in [5, 5.41) is 15.8. The molecule has 0 radical (unpaired) electrons. The van der Waals surface area contributed by atoms with E-state index in [1.54, 1.807) is 11.7 Å². The maximum Gasteiger partial charge on any atom is 0.303 e. The summed E-state index contributed by atoms with van der Waals surface area (Å²) in [5.74, 6) is -1.00. The lowest BCUT2D eigenvalue weighted by Gasteiger charge is -2.03. The molecule has 0 fully saturated rings. The number of carbonyl (C=O) groups excluding carboxylic acids is 1. The van der Waals surface area contributed by atoms with E-state index in [0.29, 0.717) is 18.0 Å². The number of aromatic nitrogens is 2. The highest BCUT2D eigenvalue weighted by molar-refractivity contribution is 6.34. The lowest BCUT2D eigenvalue weighted by atomic mass is 10.1. The van der Waals surface area contributed by atoms with Crippen LogP contribution in [0.4, 0.5) is 0 Å². The number of halogens is 1. The minimum absolute atomic E-state index is 0.230. The number of carboxylic acids is 1. The Morgan fingerprint density at radius 2 is 1.86 bits per heavy atom. The average Bonchev–Trinajstić information content (AvgIpc) is 2.69. The van der Waals surface area contributed by atoms with Gasteiger partial charge in [0, 0.05) is 20.0 Å². The van der Waals surface area contributed by atoms with Gasteiger partial charge < -0.3 is 10.4 Å². The highest BCUT2D eigenvalue weighted by Crippen LogP contribution is 2.18. The Labute approximate surface area is 129 Å². The van der Waals surface area contributed by atoms with Crippen molar-refractivity contribution in [1.82, 2.24) is 15.1 Å². The van der Waals surface area contributed by atoms with E-state index in [1.165, 1.54) is 0 Å². The number of rotatable bonds is 9. The fourth-order valence-corrected chi connectivity index (χ4v) is 2.19. The average molecular weight is 316 g/mol. The summed E-state index contributed by atoms with van der Waals surface area (Å²) in [4.78, 5) is 22.2. The zero-order valence-corrected chi connectivity index (χ0v) is 13.2. The second kappa shape index (κ2) is 8.67. The smallest absolute Gasteiger partial charge is 0.303 e. The van der Waals surface area contributed by atoms with Crippen molar-refractivity contribution in [2.75, 3.05) is 6.54 Å². The number of hydrogen-bond acceptors (Lipinski definition) is 3. The lowest BCUT2D eigenvalue weighted by molar-refractivity contribution is -0.137. The zero-order chi connectivity index (χ0) is 15.8. The summed E-state index contributed by atoms with van der Waals surface area (Å²) in [6, 6.07) is 0. The molecule has 0 bridgehead atoms. The van der Waals surface area contributed by atoms with Crippen LogP contribution in [0.3, 0.4) is 0 Å². The van der Waals surface area contributed by atoms with Crippen LogP contribution in [-0.2, 0) is 11.8 Å². The highest BCUT2D eigenvalue weighted by Gasteiger charge is 2.17. The normalized spacial score (nSPS) is 10.6. The van der Waals surface area contributed by atoms with E-state index >= 15 is 0 Å².